The summed E-state index contributed by atoms with van der Waals surface area (Å²) in [5, 5.41) is 5.95. The zero-order valence-corrected chi connectivity index (χ0v) is 10.4. The molecule has 0 unspecified atom stereocenters. The maximum absolute atomic E-state index is 11.9. The Morgan fingerprint density at radius 1 is 1.25 bits per heavy atom. The molecule has 0 spiro atoms. The van der Waals surface area contributed by atoms with Crippen molar-refractivity contribution in [3.8, 4) is 0 Å². The number of hydrogen-bond acceptors (Lipinski definition) is 2. The van der Waals surface area contributed by atoms with Crippen LogP contribution in [0.2, 0.25) is 0 Å². The Bertz CT molecular complexity index is 366. The number of hydrogen-bond donors (Lipinski definition) is 2. The molecular weight excluding hydrogens is 200 g/mol. The summed E-state index contributed by atoms with van der Waals surface area (Å²) in [6.07, 6.45) is 0. The van der Waals surface area contributed by atoms with Crippen molar-refractivity contribution in [2.75, 3.05) is 18.9 Å². The van der Waals surface area contributed by atoms with Crippen molar-refractivity contribution in [1.29, 1.82) is 0 Å². The summed E-state index contributed by atoms with van der Waals surface area (Å²) in [5.74, 6) is -0.0279. The van der Waals surface area contributed by atoms with Gasteiger partial charge in [-0.05, 0) is 17.5 Å². The zero-order valence-electron chi connectivity index (χ0n) is 10.4. The van der Waals surface area contributed by atoms with Gasteiger partial charge in [0.05, 0.1) is 5.56 Å². The largest absolute Gasteiger partial charge is 0.387 e. The molecule has 0 aliphatic carbocycles. The molecule has 0 saturated carbocycles. The van der Waals surface area contributed by atoms with Crippen LogP contribution in [0.3, 0.4) is 0 Å². The maximum atomic E-state index is 11.9. The predicted octanol–water partition coefficient (Wildman–Crippen LogP) is 2.50. The molecule has 0 aliphatic heterocycles. The molecule has 2 N–H and O–H groups in total. The summed E-state index contributed by atoms with van der Waals surface area (Å²) in [6, 6.07) is 7.50. The molecule has 0 atom stereocenters. The van der Waals surface area contributed by atoms with Crippen molar-refractivity contribution in [3.63, 3.8) is 0 Å². The molecule has 0 radical (unpaired) electrons. The minimum atomic E-state index is -0.0279. The molecule has 3 heteroatoms. The third kappa shape index (κ3) is 3.57. The van der Waals surface area contributed by atoms with E-state index in [1.807, 2.05) is 31.3 Å². The van der Waals surface area contributed by atoms with E-state index in [2.05, 4.69) is 31.4 Å². The number of benzene rings is 1. The first-order valence-corrected chi connectivity index (χ1v) is 5.49. The highest BCUT2D eigenvalue weighted by Gasteiger charge is 2.14. The second-order valence-corrected chi connectivity index (χ2v) is 5.04. The van der Waals surface area contributed by atoms with Crippen LogP contribution in [0.15, 0.2) is 24.3 Å². The molecule has 0 bridgehead atoms. The van der Waals surface area contributed by atoms with Crippen LogP contribution in [-0.4, -0.2) is 19.5 Å². The molecule has 0 aliphatic rings. The van der Waals surface area contributed by atoms with E-state index in [0.29, 0.717) is 12.1 Å². The van der Waals surface area contributed by atoms with Crippen LogP contribution in [0, 0.1) is 5.41 Å². The number of para-hydroxylation sites is 1. The van der Waals surface area contributed by atoms with Crippen LogP contribution >= 0.6 is 0 Å². The van der Waals surface area contributed by atoms with E-state index in [0.717, 1.165) is 5.69 Å². The van der Waals surface area contributed by atoms with Gasteiger partial charge in [0.15, 0.2) is 0 Å². The Morgan fingerprint density at radius 3 is 2.44 bits per heavy atom. The summed E-state index contributed by atoms with van der Waals surface area (Å²) in [4.78, 5) is 11.9. The predicted molar refractivity (Wildman–Crippen MR) is 67.8 cm³/mol. The van der Waals surface area contributed by atoms with E-state index in [1.165, 1.54) is 0 Å². The van der Waals surface area contributed by atoms with Crippen molar-refractivity contribution >= 4 is 11.6 Å². The van der Waals surface area contributed by atoms with Crippen LogP contribution in [0.4, 0.5) is 5.69 Å². The van der Waals surface area contributed by atoms with Gasteiger partial charge >= 0.3 is 0 Å². The Kier molecular flexibility index (Phi) is 3.93. The van der Waals surface area contributed by atoms with Crippen molar-refractivity contribution in [1.82, 2.24) is 5.32 Å². The van der Waals surface area contributed by atoms with Gasteiger partial charge in [-0.3, -0.25) is 4.79 Å². The third-order valence-electron chi connectivity index (χ3n) is 2.22. The standard InChI is InChI=1S/C13H20N2O/c1-13(2,3)9-15-12(16)10-7-5-6-8-11(10)14-4/h5-8,14H,9H2,1-4H3,(H,15,16). The van der Waals surface area contributed by atoms with Crippen molar-refractivity contribution < 1.29 is 4.79 Å². The van der Waals surface area contributed by atoms with Gasteiger partial charge in [-0.15, -0.1) is 0 Å². The van der Waals surface area contributed by atoms with Crippen LogP contribution in [-0.2, 0) is 0 Å². The number of rotatable bonds is 3. The van der Waals surface area contributed by atoms with E-state index in [4.69, 9.17) is 0 Å². The van der Waals surface area contributed by atoms with Crippen LogP contribution in [0.1, 0.15) is 31.1 Å². The normalized spacial score (nSPS) is 11.0. The van der Waals surface area contributed by atoms with E-state index < -0.39 is 0 Å². The summed E-state index contributed by atoms with van der Waals surface area (Å²) < 4.78 is 0. The second-order valence-electron chi connectivity index (χ2n) is 5.04. The van der Waals surface area contributed by atoms with E-state index >= 15 is 0 Å². The van der Waals surface area contributed by atoms with Gasteiger partial charge in [0.1, 0.15) is 0 Å². The number of anilines is 1. The lowest BCUT2D eigenvalue weighted by Crippen LogP contribution is -2.32. The van der Waals surface area contributed by atoms with Crippen molar-refractivity contribution in [2.24, 2.45) is 5.41 Å². The fourth-order valence-corrected chi connectivity index (χ4v) is 1.34. The maximum Gasteiger partial charge on any atom is 0.253 e. The number of nitrogens with one attached hydrogen (secondary N) is 2. The minimum Gasteiger partial charge on any atom is -0.387 e. The number of carbonyl (C=O) groups is 1. The summed E-state index contributed by atoms with van der Waals surface area (Å²) >= 11 is 0. The molecule has 1 amide bonds. The number of amides is 1. The van der Waals surface area contributed by atoms with E-state index in [1.54, 1.807) is 0 Å². The summed E-state index contributed by atoms with van der Waals surface area (Å²) in [5.41, 5.74) is 1.65. The van der Waals surface area contributed by atoms with E-state index in [-0.39, 0.29) is 11.3 Å². The van der Waals surface area contributed by atoms with Gasteiger partial charge in [-0.2, -0.15) is 0 Å². The topological polar surface area (TPSA) is 41.1 Å². The molecule has 0 heterocycles. The van der Waals surface area contributed by atoms with Gasteiger partial charge in [0.25, 0.3) is 5.91 Å². The molecule has 0 saturated heterocycles. The summed E-state index contributed by atoms with van der Waals surface area (Å²) in [6.45, 7) is 6.95. The molecule has 1 aromatic rings. The highest BCUT2D eigenvalue weighted by Crippen LogP contribution is 2.15. The number of carbonyl (C=O) groups excluding carboxylic acids is 1. The molecule has 3 nitrogen and oxygen atoms in total. The van der Waals surface area contributed by atoms with Crippen LogP contribution in [0.25, 0.3) is 0 Å². The van der Waals surface area contributed by atoms with Gasteiger partial charge in [-0.1, -0.05) is 32.9 Å². The molecule has 0 aromatic heterocycles. The molecule has 1 rings (SSSR count). The Balaban J connectivity index is 2.73. The molecule has 16 heavy (non-hydrogen) atoms. The Morgan fingerprint density at radius 2 is 1.88 bits per heavy atom. The molecular formula is C13H20N2O. The average Bonchev–Trinajstić information content (AvgIpc) is 2.25. The van der Waals surface area contributed by atoms with Crippen LogP contribution in [0.5, 0.6) is 0 Å². The lowest BCUT2D eigenvalue weighted by Gasteiger charge is -2.19. The Labute approximate surface area is 97.2 Å². The highest BCUT2D eigenvalue weighted by molar-refractivity contribution is 5.99. The monoisotopic (exact) mass is 220 g/mol. The lowest BCUT2D eigenvalue weighted by molar-refractivity contribution is 0.0940. The quantitative estimate of drug-likeness (QED) is 0.821. The molecule has 88 valence electrons. The van der Waals surface area contributed by atoms with E-state index in [9.17, 15) is 4.79 Å². The van der Waals surface area contributed by atoms with Gasteiger partial charge < -0.3 is 10.6 Å². The second kappa shape index (κ2) is 5.01. The van der Waals surface area contributed by atoms with Crippen molar-refractivity contribution in [2.45, 2.75) is 20.8 Å². The van der Waals surface area contributed by atoms with Gasteiger partial charge in [0.2, 0.25) is 0 Å². The first kappa shape index (κ1) is 12.6. The summed E-state index contributed by atoms with van der Waals surface area (Å²) in [7, 11) is 1.82. The van der Waals surface area contributed by atoms with Crippen molar-refractivity contribution in [3.05, 3.63) is 29.8 Å². The Hall–Kier alpha value is -1.51. The smallest absolute Gasteiger partial charge is 0.253 e. The minimum absolute atomic E-state index is 0.0279. The SMILES string of the molecule is CNc1ccccc1C(=O)NCC(C)(C)C. The molecule has 0 fully saturated rings. The highest BCUT2D eigenvalue weighted by atomic mass is 16.1. The van der Waals surface area contributed by atoms with Crippen LogP contribution < -0.4 is 10.6 Å². The third-order valence-corrected chi connectivity index (χ3v) is 2.22. The molecule has 1 aromatic carbocycles. The first-order valence-electron chi connectivity index (χ1n) is 5.49. The first-order chi connectivity index (χ1) is 7.44. The lowest BCUT2D eigenvalue weighted by atomic mass is 9.97. The fourth-order valence-electron chi connectivity index (χ4n) is 1.34. The fraction of sp³-hybridized carbons (Fsp3) is 0.462. The van der Waals surface area contributed by atoms with Gasteiger partial charge in [0, 0.05) is 19.3 Å². The average molecular weight is 220 g/mol. The zero-order chi connectivity index (χ0) is 12.2. The van der Waals surface area contributed by atoms with Gasteiger partial charge in [-0.25, -0.2) is 0 Å².